The van der Waals surface area contributed by atoms with Crippen molar-refractivity contribution in [1.82, 2.24) is 9.62 Å². The molecule has 0 saturated carbocycles. The number of hydrogen-bond acceptors (Lipinski definition) is 5. The van der Waals surface area contributed by atoms with E-state index < -0.39 is 33.7 Å². The molecule has 140 valence electrons. The van der Waals surface area contributed by atoms with Crippen LogP contribution in [0.5, 0.6) is 0 Å². The minimum Gasteiger partial charge on any atom is -0.478 e. The molecule has 0 bridgehead atoms. The SMILES string of the molecule is CC(CN(C)S(=O)(=O)c1cccc(C(=O)O)c1)NC(=O)OC(C)(C)C. The molecule has 1 rings (SSSR count). The van der Waals surface area contributed by atoms with Gasteiger partial charge in [-0.2, -0.15) is 4.31 Å². The van der Waals surface area contributed by atoms with Crippen molar-refractivity contribution in [2.75, 3.05) is 13.6 Å². The van der Waals surface area contributed by atoms with Crippen LogP contribution in [0.15, 0.2) is 29.2 Å². The second-order valence-corrected chi connectivity index (χ2v) is 8.71. The highest BCUT2D eigenvalue weighted by Gasteiger charge is 2.25. The van der Waals surface area contributed by atoms with Crippen LogP contribution in [0, 0.1) is 0 Å². The predicted octanol–water partition coefficient (Wildman–Crippen LogP) is 1.92. The Kier molecular flexibility index (Phi) is 6.55. The van der Waals surface area contributed by atoms with Crippen molar-refractivity contribution in [3.05, 3.63) is 29.8 Å². The quantitative estimate of drug-likeness (QED) is 0.789. The maximum absolute atomic E-state index is 12.5. The van der Waals surface area contributed by atoms with Crippen LogP contribution < -0.4 is 5.32 Å². The average molecular weight is 372 g/mol. The molecule has 1 amide bonds. The number of carbonyl (C=O) groups is 2. The molecule has 8 nitrogen and oxygen atoms in total. The number of carbonyl (C=O) groups excluding carboxylic acids is 1. The number of amides is 1. The molecule has 1 atom stereocenters. The largest absolute Gasteiger partial charge is 0.478 e. The Labute approximate surface area is 147 Å². The minimum atomic E-state index is -3.88. The standard InChI is InChI=1S/C16H24N2O6S/c1-11(17-15(21)24-16(2,3)4)10-18(5)25(22,23)13-8-6-7-12(9-13)14(19)20/h6-9,11H,10H2,1-5H3,(H,17,21)(H,19,20). The van der Waals surface area contributed by atoms with E-state index in [2.05, 4.69) is 5.32 Å². The monoisotopic (exact) mass is 372 g/mol. The first-order valence-electron chi connectivity index (χ1n) is 7.62. The van der Waals surface area contributed by atoms with Gasteiger partial charge in [0.25, 0.3) is 0 Å². The molecule has 1 aromatic rings. The molecule has 0 aliphatic rings. The zero-order chi connectivity index (χ0) is 19.4. The van der Waals surface area contributed by atoms with Gasteiger partial charge >= 0.3 is 12.1 Å². The Hall–Kier alpha value is -2.13. The molecule has 1 unspecified atom stereocenters. The Morgan fingerprint density at radius 3 is 2.44 bits per heavy atom. The lowest BCUT2D eigenvalue weighted by Crippen LogP contribution is -2.44. The Bertz CT molecular complexity index is 739. The van der Waals surface area contributed by atoms with Crippen LogP contribution in [0.4, 0.5) is 4.79 Å². The molecule has 0 heterocycles. The summed E-state index contributed by atoms with van der Waals surface area (Å²) in [7, 11) is -2.53. The van der Waals surface area contributed by atoms with Gasteiger partial charge in [-0.1, -0.05) is 6.07 Å². The Morgan fingerprint density at radius 2 is 1.92 bits per heavy atom. The number of sulfonamides is 1. The molecule has 25 heavy (non-hydrogen) atoms. The summed E-state index contributed by atoms with van der Waals surface area (Å²) in [4.78, 5) is 22.6. The van der Waals surface area contributed by atoms with Crippen molar-refractivity contribution in [3.8, 4) is 0 Å². The van der Waals surface area contributed by atoms with Gasteiger partial charge in [0.2, 0.25) is 10.0 Å². The van der Waals surface area contributed by atoms with Gasteiger partial charge in [0, 0.05) is 19.6 Å². The van der Waals surface area contributed by atoms with Gasteiger partial charge in [-0.15, -0.1) is 0 Å². The van der Waals surface area contributed by atoms with E-state index >= 15 is 0 Å². The third-order valence-corrected chi connectivity index (χ3v) is 4.90. The minimum absolute atomic E-state index is 0.00112. The Balaban J connectivity index is 2.81. The Morgan fingerprint density at radius 1 is 1.32 bits per heavy atom. The summed E-state index contributed by atoms with van der Waals surface area (Å²) in [5, 5.41) is 11.5. The van der Waals surface area contributed by atoms with Gasteiger partial charge < -0.3 is 15.2 Å². The number of aromatic carboxylic acids is 1. The molecule has 0 aromatic heterocycles. The number of rotatable bonds is 6. The molecule has 0 spiro atoms. The third-order valence-electron chi connectivity index (χ3n) is 3.08. The predicted molar refractivity (Wildman–Crippen MR) is 92.0 cm³/mol. The molecule has 2 N–H and O–H groups in total. The van der Waals surface area contributed by atoms with E-state index in [-0.39, 0.29) is 17.0 Å². The lowest BCUT2D eigenvalue weighted by atomic mass is 10.2. The average Bonchev–Trinajstić information content (AvgIpc) is 2.44. The summed E-state index contributed by atoms with van der Waals surface area (Å²) in [6, 6.07) is 4.60. The zero-order valence-electron chi connectivity index (χ0n) is 14.9. The zero-order valence-corrected chi connectivity index (χ0v) is 15.8. The van der Waals surface area contributed by atoms with E-state index in [1.807, 2.05) is 0 Å². The fourth-order valence-electron chi connectivity index (χ4n) is 2.01. The van der Waals surface area contributed by atoms with Crippen LogP contribution in [0.2, 0.25) is 0 Å². The van der Waals surface area contributed by atoms with Crippen molar-refractivity contribution >= 4 is 22.1 Å². The second-order valence-electron chi connectivity index (χ2n) is 6.67. The van der Waals surface area contributed by atoms with Crippen LogP contribution in [0.3, 0.4) is 0 Å². The van der Waals surface area contributed by atoms with E-state index in [9.17, 15) is 18.0 Å². The lowest BCUT2D eigenvalue weighted by molar-refractivity contribution is 0.0504. The lowest BCUT2D eigenvalue weighted by Gasteiger charge is -2.24. The molecule has 0 aliphatic carbocycles. The highest BCUT2D eigenvalue weighted by Crippen LogP contribution is 2.16. The van der Waals surface area contributed by atoms with Crippen molar-refractivity contribution in [2.45, 2.75) is 44.2 Å². The van der Waals surface area contributed by atoms with Crippen LogP contribution in [-0.2, 0) is 14.8 Å². The number of benzene rings is 1. The number of nitrogens with one attached hydrogen (secondary N) is 1. The topological polar surface area (TPSA) is 113 Å². The van der Waals surface area contributed by atoms with Gasteiger partial charge in [-0.25, -0.2) is 18.0 Å². The van der Waals surface area contributed by atoms with Gasteiger partial charge in [0.1, 0.15) is 5.60 Å². The molecular weight excluding hydrogens is 348 g/mol. The normalized spacial score (nSPS) is 13.4. The molecule has 9 heteroatoms. The van der Waals surface area contributed by atoms with E-state index in [1.165, 1.54) is 25.2 Å². The first kappa shape index (κ1) is 20.9. The maximum atomic E-state index is 12.5. The summed E-state index contributed by atoms with van der Waals surface area (Å²) < 4.78 is 31.3. The summed E-state index contributed by atoms with van der Waals surface area (Å²) in [5.41, 5.74) is -0.770. The number of likely N-dealkylation sites (N-methyl/N-ethyl adjacent to an activating group) is 1. The van der Waals surface area contributed by atoms with E-state index in [4.69, 9.17) is 9.84 Å². The molecule has 0 saturated heterocycles. The van der Waals surface area contributed by atoms with Crippen molar-refractivity contribution in [1.29, 1.82) is 0 Å². The highest BCUT2D eigenvalue weighted by atomic mass is 32.2. The summed E-state index contributed by atoms with van der Waals surface area (Å²) in [6.07, 6.45) is -0.640. The number of carboxylic acids is 1. The van der Waals surface area contributed by atoms with Crippen LogP contribution in [-0.4, -0.2) is 55.1 Å². The first-order chi connectivity index (χ1) is 11.3. The highest BCUT2D eigenvalue weighted by molar-refractivity contribution is 7.89. The van der Waals surface area contributed by atoms with E-state index in [0.717, 1.165) is 10.4 Å². The van der Waals surface area contributed by atoms with Crippen LogP contribution in [0.1, 0.15) is 38.1 Å². The van der Waals surface area contributed by atoms with Crippen molar-refractivity contribution in [3.63, 3.8) is 0 Å². The number of hydrogen-bond donors (Lipinski definition) is 2. The summed E-state index contributed by atoms with van der Waals surface area (Å²) in [6.45, 7) is 6.82. The number of alkyl carbamates (subject to hydrolysis) is 1. The molecule has 0 radical (unpaired) electrons. The molecule has 1 aromatic carbocycles. The van der Waals surface area contributed by atoms with Gasteiger partial charge in [-0.3, -0.25) is 0 Å². The first-order valence-corrected chi connectivity index (χ1v) is 9.06. The number of ether oxygens (including phenoxy) is 1. The molecular formula is C16H24N2O6S. The fourth-order valence-corrected chi connectivity index (χ4v) is 3.31. The van der Waals surface area contributed by atoms with Crippen molar-refractivity contribution < 1.29 is 27.9 Å². The van der Waals surface area contributed by atoms with Gasteiger partial charge in [0.15, 0.2) is 0 Å². The van der Waals surface area contributed by atoms with Gasteiger partial charge in [0.05, 0.1) is 10.5 Å². The second kappa shape index (κ2) is 7.83. The van der Waals surface area contributed by atoms with Crippen LogP contribution >= 0.6 is 0 Å². The van der Waals surface area contributed by atoms with Crippen molar-refractivity contribution in [2.24, 2.45) is 0 Å². The summed E-state index contributed by atoms with van der Waals surface area (Å²) in [5.74, 6) is -1.21. The number of carboxylic acid groups (broad SMARTS) is 1. The van der Waals surface area contributed by atoms with Crippen LogP contribution in [0.25, 0.3) is 0 Å². The third kappa shape index (κ3) is 6.35. The van der Waals surface area contributed by atoms with Gasteiger partial charge in [-0.05, 0) is 45.9 Å². The number of nitrogens with zero attached hydrogens (tertiary/aromatic N) is 1. The van der Waals surface area contributed by atoms with E-state index in [1.54, 1.807) is 27.7 Å². The van der Waals surface area contributed by atoms with E-state index in [0.29, 0.717) is 0 Å². The molecule has 0 fully saturated rings. The molecule has 0 aliphatic heterocycles. The fraction of sp³-hybridized carbons (Fsp3) is 0.500. The summed E-state index contributed by atoms with van der Waals surface area (Å²) >= 11 is 0. The smallest absolute Gasteiger partial charge is 0.407 e. The maximum Gasteiger partial charge on any atom is 0.407 e.